The molecule has 5 nitrogen and oxygen atoms in total. The number of hydrogen-bond donors (Lipinski definition) is 2. The van der Waals surface area contributed by atoms with Gasteiger partial charge in [0.2, 0.25) is 0 Å². The van der Waals surface area contributed by atoms with E-state index in [2.05, 4.69) is 21.7 Å². The zero-order chi connectivity index (χ0) is 13.9. The van der Waals surface area contributed by atoms with Crippen molar-refractivity contribution in [2.45, 2.75) is 13.0 Å². The van der Waals surface area contributed by atoms with Gasteiger partial charge in [0, 0.05) is 33.9 Å². The van der Waals surface area contributed by atoms with E-state index < -0.39 is 0 Å². The lowest BCUT2D eigenvalue weighted by Gasteiger charge is -2.11. The van der Waals surface area contributed by atoms with E-state index in [1.807, 2.05) is 18.2 Å². The van der Waals surface area contributed by atoms with Crippen molar-refractivity contribution < 1.29 is 4.74 Å². The van der Waals surface area contributed by atoms with Gasteiger partial charge in [-0.05, 0) is 24.1 Å². The lowest BCUT2D eigenvalue weighted by molar-refractivity contribution is 0.195. The zero-order valence-corrected chi connectivity index (χ0v) is 14.2. The Morgan fingerprint density at radius 2 is 2.20 bits per heavy atom. The Morgan fingerprint density at radius 3 is 2.85 bits per heavy atom. The highest BCUT2D eigenvalue weighted by molar-refractivity contribution is 14.0. The molecule has 0 spiro atoms. The van der Waals surface area contributed by atoms with Gasteiger partial charge in [0.05, 0.1) is 11.6 Å². The van der Waals surface area contributed by atoms with Gasteiger partial charge in [0.15, 0.2) is 5.96 Å². The molecule has 2 N–H and O–H groups in total. The van der Waals surface area contributed by atoms with Crippen molar-refractivity contribution in [1.82, 2.24) is 10.6 Å². The van der Waals surface area contributed by atoms with Crippen LogP contribution in [0.2, 0.25) is 0 Å². The zero-order valence-electron chi connectivity index (χ0n) is 11.8. The van der Waals surface area contributed by atoms with E-state index in [-0.39, 0.29) is 24.0 Å². The van der Waals surface area contributed by atoms with E-state index in [0.29, 0.717) is 12.1 Å². The third kappa shape index (κ3) is 7.31. The molecule has 0 aliphatic carbocycles. The van der Waals surface area contributed by atoms with Crippen LogP contribution in [0.1, 0.15) is 17.5 Å². The fraction of sp³-hybridized carbons (Fsp3) is 0.429. The average Bonchev–Trinajstić information content (AvgIpc) is 2.47. The number of halogens is 1. The SMILES string of the molecule is CN=C(NCCCOC)NCc1cccc(C#N)c1.I. The molecule has 0 atom stereocenters. The number of rotatable bonds is 6. The minimum atomic E-state index is 0. The summed E-state index contributed by atoms with van der Waals surface area (Å²) >= 11 is 0. The molecule has 0 saturated heterocycles. The van der Waals surface area contributed by atoms with Gasteiger partial charge in [0.1, 0.15) is 0 Å². The largest absolute Gasteiger partial charge is 0.385 e. The Hall–Kier alpha value is -1.33. The van der Waals surface area contributed by atoms with Crippen molar-refractivity contribution in [3.05, 3.63) is 35.4 Å². The maximum atomic E-state index is 8.83. The Balaban J connectivity index is 0.00000361. The van der Waals surface area contributed by atoms with Gasteiger partial charge >= 0.3 is 0 Å². The van der Waals surface area contributed by atoms with Gasteiger partial charge < -0.3 is 15.4 Å². The lowest BCUT2D eigenvalue weighted by Crippen LogP contribution is -2.37. The molecule has 20 heavy (non-hydrogen) atoms. The molecule has 1 aromatic carbocycles. The van der Waals surface area contributed by atoms with Gasteiger partial charge in [-0.25, -0.2) is 0 Å². The molecule has 0 unspecified atom stereocenters. The number of hydrogen-bond acceptors (Lipinski definition) is 3. The molecule has 0 bridgehead atoms. The maximum absolute atomic E-state index is 8.83. The van der Waals surface area contributed by atoms with Gasteiger partial charge in [0.25, 0.3) is 0 Å². The molecule has 0 aliphatic heterocycles. The number of nitrogens with zero attached hydrogens (tertiary/aromatic N) is 2. The molecule has 0 saturated carbocycles. The minimum absolute atomic E-state index is 0. The summed E-state index contributed by atoms with van der Waals surface area (Å²) in [4.78, 5) is 4.13. The number of nitrogens with one attached hydrogen (secondary N) is 2. The van der Waals surface area contributed by atoms with Gasteiger partial charge in [-0.1, -0.05) is 12.1 Å². The summed E-state index contributed by atoms with van der Waals surface area (Å²) in [7, 11) is 3.42. The molecular formula is C14H21IN4O. The number of aliphatic imine (C=N–C) groups is 1. The number of guanidine groups is 1. The fourth-order valence-corrected chi connectivity index (χ4v) is 1.58. The summed E-state index contributed by atoms with van der Waals surface area (Å²) in [5, 5.41) is 15.2. The van der Waals surface area contributed by atoms with Crippen LogP contribution in [0.25, 0.3) is 0 Å². The highest BCUT2D eigenvalue weighted by Gasteiger charge is 1.99. The molecule has 6 heteroatoms. The van der Waals surface area contributed by atoms with Crippen molar-refractivity contribution in [2.75, 3.05) is 27.3 Å². The van der Waals surface area contributed by atoms with Crippen LogP contribution in [0.5, 0.6) is 0 Å². The molecule has 0 fully saturated rings. The van der Waals surface area contributed by atoms with Crippen molar-refractivity contribution >= 4 is 29.9 Å². The highest BCUT2D eigenvalue weighted by Crippen LogP contribution is 2.03. The molecule has 1 aromatic rings. The molecule has 0 heterocycles. The second kappa shape index (κ2) is 11.5. The van der Waals surface area contributed by atoms with E-state index in [0.717, 1.165) is 31.1 Å². The van der Waals surface area contributed by atoms with Gasteiger partial charge in [-0.2, -0.15) is 5.26 Å². The van der Waals surface area contributed by atoms with Crippen LogP contribution >= 0.6 is 24.0 Å². The standard InChI is InChI=1S/C14H20N4O.HI/c1-16-14(17-7-4-8-19-2)18-11-13-6-3-5-12(9-13)10-15;/h3,5-6,9H,4,7-8,11H2,1-2H3,(H2,16,17,18);1H. The minimum Gasteiger partial charge on any atom is -0.385 e. The van der Waals surface area contributed by atoms with Crippen molar-refractivity contribution in [2.24, 2.45) is 4.99 Å². The van der Waals surface area contributed by atoms with Crippen LogP contribution in [0.4, 0.5) is 0 Å². The second-order valence-corrected chi connectivity index (χ2v) is 4.01. The van der Waals surface area contributed by atoms with Crippen LogP contribution in [0, 0.1) is 11.3 Å². The van der Waals surface area contributed by atoms with Crippen molar-refractivity contribution in [3.8, 4) is 6.07 Å². The predicted octanol–water partition coefficient (Wildman–Crippen LogP) is 1.88. The predicted molar refractivity (Wildman–Crippen MR) is 91.3 cm³/mol. The van der Waals surface area contributed by atoms with E-state index >= 15 is 0 Å². The average molecular weight is 388 g/mol. The van der Waals surface area contributed by atoms with Crippen molar-refractivity contribution in [1.29, 1.82) is 5.26 Å². The molecule has 110 valence electrons. The number of benzene rings is 1. The summed E-state index contributed by atoms with van der Waals surface area (Å²) < 4.78 is 4.98. The summed E-state index contributed by atoms with van der Waals surface area (Å²) in [6, 6.07) is 9.65. The summed E-state index contributed by atoms with van der Waals surface area (Å²) in [5.74, 6) is 0.749. The number of methoxy groups -OCH3 is 1. The molecular weight excluding hydrogens is 367 g/mol. The highest BCUT2D eigenvalue weighted by atomic mass is 127. The Morgan fingerprint density at radius 1 is 1.40 bits per heavy atom. The van der Waals surface area contributed by atoms with Crippen LogP contribution < -0.4 is 10.6 Å². The third-order valence-electron chi connectivity index (χ3n) is 2.56. The Labute approximate surface area is 137 Å². The van der Waals surface area contributed by atoms with E-state index in [1.54, 1.807) is 20.2 Å². The third-order valence-corrected chi connectivity index (χ3v) is 2.56. The Bertz CT molecular complexity index is 457. The number of nitriles is 1. The fourth-order valence-electron chi connectivity index (χ4n) is 1.58. The van der Waals surface area contributed by atoms with Crippen LogP contribution in [0.3, 0.4) is 0 Å². The molecule has 0 aliphatic rings. The van der Waals surface area contributed by atoms with E-state index in [9.17, 15) is 0 Å². The van der Waals surface area contributed by atoms with Gasteiger partial charge in [-0.15, -0.1) is 24.0 Å². The Kier molecular flexibility index (Phi) is 10.7. The number of ether oxygens (including phenoxy) is 1. The van der Waals surface area contributed by atoms with E-state index in [4.69, 9.17) is 10.00 Å². The quantitative estimate of drug-likeness (QED) is 0.338. The maximum Gasteiger partial charge on any atom is 0.191 e. The van der Waals surface area contributed by atoms with E-state index in [1.165, 1.54) is 0 Å². The topological polar surface area (TPSA) is 69.4 Å². The molecule has 0 radical (unpaired) electrons. The molecule has 0 aromatic heterocycles. The van der Waals surface area contributed by atoms with Crippen LogP contribution in [-0.2, 0) is 11.3 Å². The normalized spacial score (nSPS) is 10.3. The summed E-state index contributed by atoms with van der Waals surface area (Å²) in [5.41, 5.74) is 1.72. The first-order chi connectivity index (χ1) is 9.30. The van der Waals surface area contributed by atoms with Crippen LogP contribution in [0.15, 0.2) is 29.3 Å². The smallest absolute Gasteiger partial charge is 0.191 e. The first kappa shape index (κ1) is 18.7. The summed E-state index contributed by atoms with van der Waals surface area (Å²) in [6.07, 6.45) is 0.932. The second-order valence-electron chi connectivity index (χ2n) is 4.01. The van der Waals surface area contributed by atoms with Gasteiger partial charge in [-0.3, -0.25) is 4.99 Å². The lowest BCUT2D eigenvalue weighted by atomic mass is 10.1. The first-order valence-electron chi connectivity index (χ1n) is 6.22. The van der Waals surface area contributed by atoms with Crippen LogP contribution in [-0.4, -0.2) is 33.3 Å². The van der Waals surface area contributed by atoms with Crippen molar-refractivity contribution in [3.63, 3.8) is 0 Å². The first-order valence-corrected chi connectivity index (χ1v) is 6.22. The molecule has 0 amide bonds. The molecule has 1 rings (SSSR count). The monoisotopic (exact) mass is 388 g/mol. The summed E-state index contributed by atoms with van der Waals surface area (Å²) in [6.45, 7) is 2.18.